The number of carbonyl (C=O) groups is 1. The van der Waals surface area contributed by atoms with E-state index in [1.54, 1.807) is 11.8 Å². The van der Waals surface area contributed by atoms with Crippen LogP contribution in [0.4, 0.5) is 0 Å². The molecule has 0 aliphatic carbocycles. The summed E-state index contributed by atoms with van der Waals surface area (Å²) in [6.45, 7) is 0. The lowest BCUT2D eigenvalue weighted by molar-refractivity contribution is -0.107. The van der Waals surface area contributed by atoms with Gasteiger partial charge in [-0.1, -0.05) is 70.2 Å². The molecule has 1 heterocycles. The van der Waals surface area contributed by atoms with Crippen molar-refractivity contribution >= 4 is 55.0 Å². The molecular formula is C17H12BrNOS2. The van der Waals surface area contributed by atoms with Crippen molar-refractivity contribution in [2.45, 2.75) is 5.75 Å². The molecule has 5 heteroatoms. The molecule has 0 bridgehead atoms. The van der Waals surface area contributed by atoms with Crippen molar-refractivity contribution in [1.29, 1.82) is 0 Å². The molecule has 0 amide bonds. The summed E-state index contributed by atoms with van der Waals surface area (Å²) >= 11 is 6.24. The zero-order valence-electron chi connectivity index (χ0n) is 11.5. The van der Waals surface area contributed by atoms with Crippen LogP contribution in [0.5, 0.6) is 0 Å². The molecule has 1 aliphatic heterocycles. The Balaban J connectivity index is 1.71. The van der Waals surface area contributed by atoms with E-state index >= 15 is 0 Å². The summed E-state index contributed by atoms with van der Waals surface area (Å²) in [7, 11) is 0. The Kier molecular flexibility index (Phi) is 5.18. The van der Waals surface area contributed by atoms with Crippen molar-refractivity contribution < 1.29 is 4.79 Å². The quantitative estimate of drug-likeness (QED) is 0.662. The molecule has 2 aromatic carbocycles. The van der Waals surface area contributed by atoms with Gasteiger partial charge in [0.15, 0.2) is 0 Å². The first-order chi connectivity index (χ1) is 10.7. The molecule has 2 aromatic rings. The topological polar surface area (TPSA) is 29.4 Å². The van der Waals surface area contributed by atoms with Crippen molar-refractivity contribution in [2.75, 3.05) is 0 Å². The van der Waals surface area contributed by atoms with Gasteiger partial charge in [0, 0.05) is 10.2 Å². The maximum absolute atomic E-state index is 12.0. The average molecular weight is 390 g/mol. The predicted octanol–water partition coefficient (Wildman–Crippen LogP) is 5.35. The molecule has 0 spiro atoms. The minimum atomic E-state index is 0.00976. The lowest BCUT2D eigenvalue weighted by Gasteiger charge is -1.98. The molecule has 0 N–H and O–H groups in total. The molecular weight excluding hydrogens is 378 g/mol. The van der Waals surface area contributed by atoms with Gasteiger partial charge < -0.3 is 0 Å². The fourth-order valence-corrected chi connectivity index (χ4v) is 4.14. The van der Waals surface area contributed by atoms with Gasteiger partial charge in [-0.15, -0.1) is 0 Å². The van der Waals surface area contributed by atoms with Crippen LogP contribution in [-0.2, 0) is 10.5 Å². The summed E-state index contributed by atoms with van der Waals surface area (Å²) in [6.07, 6.45) is 1.83. The van der Waals surface area contributed by atoms with Crippen LogP contribution in [0.3, 0.4) is 0 Å². The smallest absolute Gasteiger partial charge is 0.244 e. The van der Waals surface area contributed by atoms with Gasteiger partial charge >= 0.3 is 0 Å². The highest BCUT2D eigenvalue weighted by Gasteiger charge is 2.22. The average Bonchev–Trinajstić information content (AvgIpc) is 2.86. The molecule has 0 aromatic heterocycles. The second kappa shape index (κ2) is 7.31. The van der Waals surface area contributed by atoms with E-state index < -0.39 is 0 Å². The van der Waals surface area contributed by atoms with Crippen LogP contribution in [-0.4, -0.2) is 9.49 Å². The van der Waals surface area contributed by atoms with Gasteiger partial charge in [0.2, 0.25) is 5.12 Å². The van der Waals surface area contributed by atoms with Crippen LogP contribution in [0.2, 0.25) is 0 Å². The van der Waals surface area contributed by atoms with E-state index in [0.29, 0.717) is 5.70 Å². The minimum Gasteiger partial charge on any atom is -0.279 e. The number of nitrogens with zero attached hydrogens (tertiary/aromatic N) is 1. The zero-order chi connectivity index (χ0) is 15.4. The van der Waals surface area contributed by atoms with Gasteiger partial charge in [-0.05, 0) is 41.1 Å². The zero-order valence-corrected chi connectivity index (χ0v) is 14.7. The highest BCUT2D eigenvalue weighted by atomic mass is 79.9. The van der Waals surface area contributed by atoms with Gasteiger partial charge in [0.25, 0.3) is 0 Å². The maximum atomic E-state index is 12.0. The first kappa shape index (κ1) is 15.6. The number of benzene rings is 2. The summed E-state index contributed by atoms with van der Waals surface area (Å²) < 4.78 is 1.80. The predicted molar refractivity (Wildman–Crippen MR) is 99.9 cm³/mol. The Hall–Kier alpha value is -1.30. The fraction of sp³-hybridized carbons (Fsp3) is 0.0588. The maximum Gasteiger partial charge on any atom is 0.244 e. The monoisotopic (exact) mass is 389 g/mol. The van der Waals surface area contributed by atoms with E-state index in [4.69, 9.17) is 0 Å². The lowest BCUT2D eigenvalue weighted by atomic mass is 10.2. The van der Waals surface area contributed by atoms with Gasteiger partial charge in [-0.25, -0.2) is 4.99 Å². The number of thioether (sulfide) groups is 2. The number of hydrogen-bond donors (Lipinski definition) is 0. The molecule has 2 nitrogen and oxygen atoms in total. The number of carbonyl (C=O) groups excluding carboxylic acids is 1. The van der Waals surface area contributed by atoms with Gasteiger partial charge in [-0.3, -0.25) is 4.79 Å². The van der Waals surface area contributed by atoms with Gasteiger partial charge in [-0.2, -0.15) is 0 Å². The highest BCUT2D eigenvalue weighted by molar-refractivity contribution is 9.10. The van der Waals surface area contributed by atoms with E-state index in [1.807, 2.05) is 48.5 Å². The Morgan fingerprint density at radius 2 is 1.95 bits per heavy atom. The van der Waals surface area contributed by atoms with Crippen molar-refractivity contribution in [1.82, 2.24) is 0 Å². The number of hydrogen-bond acceptors (Lipinski definition) is 4. The summed E-state index contributed by atoms with van der Waals surface area (Å²) in [5.41, 5.74) is 2.71. The van der Waals surface area contributed by atoms with E-state index in [2.05, 4.69) is 33.1 Å². The van der Waals surface area contributed by atoms with Crippen molar-refractivity contribution in [3.63, 3.8) is 0 Å². The van der Waals surface area contributed by atoms with E-state index in [1.165, 1.54) is 17.3 Å². The Labute approximate surface area is 146 Å². The molecule has 0 saturated carbocycles. The number of rotatable bonds is 3. The SMILES string of the molecule is O=C1SC(SCc2ccccc2)=NC1=Cc1cccc(Br)c1. The van der Waals surface area contributed by atoms with Crippen LogP contribution in [0.1, 0.15) is 11.1 Å². The molecule has 110 valence electrons. The minimum absolute atomic E-state index is 0.00976. The van der Waals surface area contributed by atoms with Gasteiger partial charge in [0.05, 0.1) is 0 Å². The fourth-order valence-electron chi connectivity index (χ4n) is 1.92. The van der Waals surface area contributed by atoms with Crippen molar-refractivity contribution in [3.05, 3.63) is 75.9 Å². The second-order valence-corrected chi connectivity index (χ2v) is 7.73. The van der Waals surface area contributed by atoms with Crippen LogP contribution < -0.4 is 0 Å². The third kappa shape index (κ3) is 4.12. The van der Waals surface area contributed by atoms with E-state index in [-0.39, 0.29) is 5.12 Å². The van der Waals surface area contributed by atoms with Gasteiger partial charge in [0.1, 0.15) is 10.1 Å². The first-order valence-electron chi connectivity index (χ1n) is 6.65. The van der Waals surface area contributed by atoms with Crippen molar-refractivity contribution in [3.8, 4) is 0 Å². The van der Waals surface area contributed by atoms with Crippen molar-refractivity contribution in [2.24, 2.45) is 4.99 Å². The summed E-state index contributed by atoms with van der Waals surface area (Å²) in [4.78, 5) is 16.5. The van der Waals surface area contributed by atoms with E-state index in [0.717, 1.165) is 20.2 Å². The molecule has 0 fully saturated rings. The Bertz CT molecular complexity index is 756. The van der Waals surface area contributed by atoms with E-state index in [9.17, 15) is 4.79 Å². The lowest BCUT2D eigenvalue weighted by Crippen LogP contribution is -1.88. The highest BCUT2D eigenvalue weighted by Crippen LogP contribution is 2.32. The molecule has 0 atom stereocenters. The number of aliphatic imine (C=N–C) groups is 1. The summed E-state index contributed by atoms with van der Waals surface area (Å²) in [5.74, 6) is 0.824. The van der Waals surface area contributed by atoms with Crippen LogP contribution in [0.25, 0.3) is 6.08 Å². The molecule has 0 saturated heterocycles. The third-order valence-electron chi connectivity index (χ3n) is 2.96. The standard InChI is InChI=1S/C17H12BrNOS2/c18-14-8-4-7-13(9-14)10-15-16(20)22-17(19-15)21-11-12-5-2-1-3-6-12/h1-10H,11H2. The third-order valence-corrected chi connectivity index (χ3v) is 5.53. The van der Waals surface area contributed by atoms with Crippen LogP contribution >= 0.6 is 39.5 Å². The molecule has 0 unspecified atom stereocenters. The molecule has 3 rings (SSSR count). The first-order valence-corrected chi connectivity index (χ1v) is 9.25. The second-order valence-electron chi connectivity index (χ2n) is 4.63. The Morgan fingerprint density at radius 3 is 2.73 bits per heavy atom. The molecule has 1 aliphatic rings. The summed E-state index contributed by atoms with van der Waals surface area (Å²) in [6, 6.07) is 18.0. The molecule has 22 heavy (non-hydrogen) atoms. The van der Waals surface area contributed by atoms with Crippen LogP contribution in [0, 0.1) is 0 Å². The van der Waals surface area contributed by atoms with Crippen LogP contribution in [0.15, 0.2) is 69.8 Å². The summed E-state index contributed by atoms with van der Waals surface area (Å²) in [5, 5.41) is 0.00976. The number of halogens is 1. The normalized spacial score (nSPS) is 16.1. The molecule has 0 radical (unpaired) electrons. The largest absolute Gasteiger partial charge is 0.279 e. The Morgan fingerprint density at radius 1 is 1.14 bits per heavy atom.